The number of nitrogens with zero attached hydrogens (tertiary/aromatic N) is 2. The summed E-state index contributed by atoms with van der Waals surface area (Å²) in [4.78, 5) is 8.46. The van der Waals surface area contributed by atoms with Crippen molar-refractivity contribution in [3.63, 3.8) is 0 Å². The van der Waals surface area contributed by atoms with Crippen LogP contribution < -0.4 is 0 Å². The van der Waals surface area contributed by atoms with Crippen LogP contribution in [0.4, 0.5) is 4.39 Å². The molecule has 0 saturated carbocycles. The minimum absolute atomic E-state index is 0.625. The van der Waals surface area contributed by atoms with Crippen molar-refractivity contribution in [1.29, 1.82) is 0 Å². The number of rotatable bonds is 0. The van der Waals surface area contributed by atoms with Gasteiger partial charge in [0, 0.05) is 11.3 Å². The van der Waals surface area contributed by atoms with Gasteiger partial charge in [-0.25, -0.2) is 14.4 Å². The Kier molecular flexibility index (Phi) is 4.18. The zero-order valence-electron chi connectivity index (χ0n) is 9.97. The lowest BCUT2D eigenvalue weighted by Gasteiger charge is -2.20. The van der Waals surface area contributed by atoms with Gasteiger partial charge in [0.25, 0.3) is 0 Å². The van der Waals surface area contributed by atoms with Crippen molar-refractivity contribution < 1.29 is 4.39 Å². The van der Waals surface area contributed by atoms with Crippen LogP contribution in [0.1, 0.15) is 55.6 Å². The molecule has 84 valence electrons. The maximum absolute atomic E-state index is 13.5. The summed E-state index contributed by atoms with van der Waals surface area (Å²) in [6, 6.07) is 0. The average molecular weight is 210 g/mol. The molecule has 0 aliphatic heterocycles. The van der Waals surface area contributed by atoms with E-state index in [-0.39, 0.29) is 0 Å². The zero-order chi connectivity index (χ0) is 11.4. The maximum Gasteiger partial charge on any atom is 0.129 e. The largest absolute Gasteiger partial charge is 0.242 e. The van der Waals surface area contributed by atoms with Gasteiger partial charge in [0.15, 0.2) is 0 Å². The zero-order valence-corrected chi connectivity index (χ0v) is 9.97. The summed E-state index contributed by atoms with van der Waals surface area (Å²) in [5.74, 6) is 0.755. The van der Waals surface area contributed by atoms with Gasteiger partial charge < -0.3 is 0 Å². The van der Waals surface area contributed by atoms with Crippen molar-refractivity contribution in [2.45, 2.75) is 53.1 Å². The van der Waals surface area contributed by atoms with Crippen LogP contribution in [0.15, 0.2) is 0 Å². The average Bonchev–Trinajstić information content (AvgIpc) is 2.19. The lowest BCUT2D eigenvalue weighted by Crippen LogP contribution is -2.12. The smallest absolute Gasteiger partial charge is 0.129 e. The molecule has 3 heteroatoms. The van der Waals surface area contributed by atoms with Crippen LogP contribution in [0.5, 0.6) is 0 Å². The highest BCUT2D eigenvalue weighted by Gasteiger charge is 2.23. The van der Waals surface area contributed by atoms with Crippen LogP contribution >= 0.6 is 0 Å². The van der Waals surface area contributed by atoms with Gasteiger partial charge in [-0.05, 0) is 33.1 Å². The maximum atomic E-state index is 13.5. The molecule has 0 bridgehead atoms. The molecule has 1 aliphatic rings. The first-order chi connectivity index (χ1) is 7.18. The summed E-state index contributed by atoms with van der Waals surface area (Å²) in [5, 5.41) is 0. The highest BCUT2D eigenvalue weighted by molar-refractivity contribution is 5.29. The Bertz CT molecular complexity index is 337. The molecule has 0 radical (unpaired) electrons. The van der Waals surface area contributed by atoms with Crippen LogP contribution in [-0.2, 0) is 6.42 Å². The van der Waals surface area contributed by atoms with E-state index in [1.807, 2.05) is 27.7 Å². The van der Waals surface area contributed by atoms with E-state index in [1.165, 1.54) is 0 Å². The number of halogens is 1. The van der Waals surface area contributed by atoms with Gasteiger partial charge in [0.2, 0.25) is 0 Å². The fourth-order valence-corrected chi connectivity index (χ4v) is 1.98. The molecule has 0 amide bonds. The highest BCUT2D eigenvalue weighted by Crippen LogP contribution is 2.32. The summed E-state index contributed by atoms with van der Waals surface area (Å²) in [5.41, 5.74) is 2.48. The number of aryl methyl sites for hydroxylation is 3. The molecule has 1 aliphatic carbocycles. The Balaban J connectivity index is 0.000000531. The molecular formula is C12H19FN2. The molecule has 2 nitrogen and oxygen atoms in total. The van der Waals surface area contributed by atoms with E-state index in [0.717, 1.165) is 35.6 Å². The fourth-order valence-electron chi connectivity index (χ4n) is 1.98. The van der Waals surface area contributed by atoms with E-state index >= 15 is 0 Å². The van der Waals surface area contributed by atoms with Crippen molar-refractivity contribution in [2.24, 2.45) is 0 Å². The van der Waals surface area contributed by atoms with Crippen LogP contribution in [0.3, 0.4) is 0 Å². The first-order valence-electron chi connectivity index (χ1n) is 5.66. The van der Waals surface area contributed by atoms with Gasteiger partial charge in [-0.2, -0.15) is 0 Å². The second-order valence-electron chi connectivity index (χ2n) is 3.58. The van der Waals surface area contributed by atoms with Crippen molar-refractivity contribution in [3.05, 3.63) is 22.8 Å². The second kappa shape index (κ2) is 5.19. The fraction of sp³-hybridized carbons (Fsp3) is 0.667. The second-order valence-corrected chi connectivity index (χ2v) is 3.58. The van der Waals surface area contributed by atoms with Crippen LogP contribution in [0.25, 0.3) is 0 Å². The SMILES string of the molecule is CC.Cc1nc(C)c2c(n1)CCCC2F. The molecule has 1 heterocycles. The molecule has 15 heavy (non-hydrogen) atoms. The van der Waals surface area contributed by atoms with Crippen LogP contribution in [0, 0.1) is 13.8 Å². The van der Waals surface area contributed by atoms with Gasteiger partial charge >= 0.3 is 0 Å². The minimum Gasteiger partial charge on any atom is -0.242 e. The Morgan fingerprint density at radius 2 is 1.87 bits per heavy atom. The Morgan fingerprint density at radius 3 is 2.53 bits per heavy atom. The first kappa shape index (κ1) is 12.1. The molecule has 1 aromatic heterocycles. The third-order valence-corrected chi connectivity index (χ3v) is 2.51. The molecule has 0 saturated heterocycles. The van der Waals surface area contributed by atoms with Crippen molar-refractivity contribution in [1.82, 2.24) is 9.97 Å². The summed E-state index contributed by atoms with van der Waals surface area (Å²) in [7, 11) is 0. The topological polar surface area (TPSA) is 25.8 Å². The van der Waals surface area contributed by atoms with Crippen LogP contribution in [-0.4, -0.2) is 9.97 Å². The molecule has 0 spiro atoms. The van der Waals surface area contributed by atoms with Gasteiger partial charge in [-0.15, -0.1) is 0 Å². The van der Waals surface area contributed by atoms with Crippen molar-refractivity contribution in [3.8, 4) is 0 Å². The van der Waals surface area contributed by atoms with Gasteiger partial charge in [0.1, 0.15) is 12.0 Å². The Labute approximate surface area is 91.0 Å². The number of hydrogen-bond donors (Lipinski definition) is 0. The predicted molar refractivity (Wildman–Crippen MR) is 59.6 cm³/mol. The number of alkyl halides is 1. The summed E-state index contributed by atoms with van der Waals surface area (Å²) in [6.07, 6.45) is 1.59. The lowest BCUT2D eigenvalue weighted by molar-refractivity contribution is 0.297. The number of aromatic nitrogens is 2. The highest BCUT2D eigenvalue weighted by atomic mass is 19.1. The monoisotopic (exact) mass is 210 g/mol. The molecule has 0 fully saturated rings. The normalized spacial score (nSPS) is 18.9. The van der Waals surface area contributed by atoms with E-state index in [4.69, 9.17) is 0 Å². The molecule has 0 N–H and O–H groups in total. The summed E-state index contributed by atoms with van der Waals surface area (Å²) < 4.78 is 13.5. The van der Waals surface area contributed by atoms with Crippen LogP contribution in [0.2, 0.25) is 0 Å². The van der Waals surface area contributed by atoms with E-state index in [9.17, 15) is 4.39 Å². The van der Waals surface area contributed by atoms with E-state index in [2.05, 4.69) is 9.97 Å². The van der Waals surface area contributed by atoms with Gasteiger partial charge in [-0.3, -0.25) is 0 Å². The third-order valence-electron chi connectivity index (χ3n) is 2.51. The third kappa shape index (κ3) is 2.52. The molecule has 1 atom stereocenters. The van der Waals surface area contributed by atoms with E-state index < -0.39 is 6.17 Å². The van der Waals surface area contributed by atoms with Crippen molar-refractivity contribution >= 4 is 0 Å². The van der Waals surface area contributed by atoms with Gasteiger partial charge in [0.05, 0.1) is 5.69 Å². The summed E-state index contributed by atoms with van der Waals surface area (Å²) >= 11 is 0. The summed E-state index contributed by atoms with van der Waals surface area (Å²) in [6.45, 7) is 7.72. The van der Waals surface area contributed by atoms with Gasteiger partial charge in [-0.1, -0.05) is 13.8 Å². The predicted octanol–water partition coefficient (Wildman–Crippen LogP) is 3.47. The molecular weight excluding hydrogens is 191 g/mol. The number of hydrogen-bond acceptors (Lipinski definition) is 2. The Hall–Kier alpha value is -0.990. The number of fused-ring (bicyclic) bond motifs is 1. The quantitative estimate of drug-likeness (QED) is 0.655. The first-order valence-corrected chi connectivity index (χ1v) is 5.66. The molecule has 1 aromatic rings. The molecule has 2 rings (SSSR count). The Morgan fingerprint density at radius 1 is 1.20 bits per heavy atom. The minimum atomic E-state index is -0.843. The van der Waals surface area contributed by atoms with E-state index in [1.54, 1.807) is 0 Å². The van der Waals surface area contributed by atoms with Crippen molar-refractivity contribution in [2.75, 3.05) is 0 Å². The standard InChI is InChI=1S/C10H13FN2.C2H6/c1-6-10-8(11)4-3-5-9(10)13-7(2)12-6;1-2/h8H,3-5H2,1-2H3;1-2H3. The van der Waals surface area contributed by atoms with E-state index in [0.29, 0.717) is 6.42 Å². The molecule has 0 aromatic carbocycles. The molecule has 1 unspecified atom stereocenters. The lowest BCUT2D eigenvalue weighted by atomic mass is 9.93.